The van der Waals surface area contributed by atoms with Crippen molar-refractivity contribution in [1.82, 2.24) is 10.2 Å². The number of nitrogens with one attached hydrogen (secondary N) is 1. The van der Waals surface area contributed by atoms with Gasteiger partial charge in [0.05, 0.1) is 10.4 Å². The molecule has 0 atom stereocenters. The predicted octanol–water partition coefficient (Wildman–Crippen LogP) is 5.07. The Morgan fingerprint density at radius 3 is 2.47 bits per heavy atom. The first-order chi connectivity index (χ1) is 16.3. The molecule has 1 spiro atoms. The second-order valence-electron chi connectivity index (χ2n) is 10.3. The fourth-order valence-corrected chi connectivity index (χ4v) is 7.21. The number of amides is 3. The summed E-state index contributed by atoms with van der Waals surface area (Å²) >= 11 is 1.68. The molecule has 1 aromatic carbocycles. The highest BCUT2D eigenvalue weighted by molar-refractivity contribution is 8.01. The minimum atomic E-state index is -0.383. The molecule has 6 nitrogen and oxygen atoms in total. The van der Waals surface area contributed by atoms with E-state index in [0.29, 0.717) is 25.1 Å². The van der Waals surface area contributed by atoms with E-state index in [1.807, 2.05) is 24.8 Å². The first-order valence-electron chi connectivity index (χ1n) is 13.0. The molecule has 186 valence electrons. The highest BCUT2D eigenvalue weighted by Crippen LogP contribution is 2.55. The van der Waals surface area contributed by atoms with Crippen LogP contribution in [0.25, 0.3) is 0 Å². The van der Waals surface area contributed by atoms with Crippen molar-refractivity contribution >= 4 is 35.2 Å². The zero-order chi connectivity index (χ0) is 24.5. The molecular formula is C27H39N3O3S. The van der Waals surface area contributed by atoms with Crippen LogP contribution in [-0.2, 0) is 9.59 Å². The highest BCUT2D eigenvalue weighted by Gasteiger charge is 2.51. The largest absolute Gasteiger partial charge is 0.354 e. The number of aryl methyl sites for hydroxylation is 1. The highest BCUT2D eigenvalue weighted by atomic mass is 32.2. The summed E-state index contributed by atoms with van der Waals surface area (Å²) in [5.41, 5.74) is 2.49. The maximum absolute atomic E-state index is 13.9. The predicted molar refractivity (Wildman–Crippen MR) is 137 cm³/mol. The second-order valence-corrected chi connectivity index (χ2v) is 11.8. The number of thioether (sulfide) groups is 1. The summed E-state index contributed by atoms with van der Waals surface area (Å²) in [5, 5.41) is 2.90. The average Bonchev–Trinajstić information content (AvgIpc) is 2.79. The third-order valence-electron chi connectivity index (χ3n) is 7.67. The standard InChI is InChI=1S/C27H39N3O3S/c1-5-24(31)28-14-15-29-22-17-21(25(32)30(18(2)3)20-10-7-6-8-11-20)19(4)16-23(22)34-27(26(29)33)12-9-13-27/h16-18,20H,5-15H2,1-4H3,(H,28,31). The van der Waals surface area contributed by atoms with E-state index in [-0.39, 0.29) is 34.6 Å². The van der Waals surface area contributed by atoms with Gasteiger partial charge < -0.3 is 15.1 Å². The second kappa shape index (κ2) is 10.3. The van der Waals surface area contributed by atoms with Crippen LogP contribution < -0.4 is 10.2 Å². The van der Waals surface area contributed by atoms with Crippen LogP contribution in [0.3, 0.4) is 0 Å². The number of anilines is 1. The fourth-order valence-electron chi connectivity index (χ4n) is 5.59. The first kappa shape index (κ1) is 25.1. The van der Waals surface area contributed by atoms with E-state index in [1.165, 1.54) is 19.3 Å². The van der Waals surface area contributed by atoms with E-state index in [4.69, 9.17) is 0 Å². The van der Waals surface area contributed by atoms with Crippen LogP contribution in [0.15, 0.2) is 17.0 Å². The molecule has 1 aromatic rings. The molecule has 3 aliphatic rings. The van der Waals surface area contributed by atoms with Crippen molar-refractivity contribution in [2.24, 2.45) is 0 Å². The van der Waals surface area contributed by atoms with E-state index in [0.717, 1.165) is 48.3 Å². The molecule has 0 radical (unpaired) electrons. The molecule has 0 unspecified atom stereocenters. The van der Waals surface area contributed by atoms with Gasteiger partial charge in [0, 0.05) is 42.1 Å². The number of benzene rings is 1. The Balaban J connectivity index is 1.67. The van der Waals surface area contributed by atoms with Gasteiger partial charge >= 0.3 is 0 Å². The molecule has 0 saturated heterocycles. The van der Waals surface area contributed by atoms with Crippen LogP contribution >= 0.6 is 11.8 Å². The summed E-state index contributed by atoms with van der Waals surface area (Å²) in [6.45, 7) is 8.88. The van der Waals surface area contributed by atoms with Crippen molar-refractivity contribution in [3.05, 3.63) is 23.3 Å². The zero-order valence-corrected chi connectivity index (χ0v) is 21.9. The maximum Gasteiger partial charge on any atom is 0.254 e. The minimum absolute atomic E-state index is 0.0164. The summed E-state index contributed by atoms with van der Waals surface area (Å²) < 4.78 is -0.383. The number of nitrogens with zero attached hydrogens (tertiary/aromatic N) is 2. The number of fused-ring (bicyclic) bond motifs is 1. The van der Waals surface area contributed by atoms with Gasteiger partial charge in [-0.05, 0) is 70.6 Å². The Labute approximate surface area is 208 Å². The molecule has 1 aliphatic heterocycles. The third-order valence-corrected chi connectivity index (χ3v) is 9.19. The molecular weight excluding hydrogens is 446 g/mol. The quantitative estimate of drug-likeness (QED) is 0.586. The van der Waals surface area contributed by atoms with Crippen LogP contribution in [0.4, 0.5) is 5.69 Å². The summed E-state index contributed by atoms with van der Waals surface area (Å²) in [6.07, 6.45) is 8.99. The van der Waals surface area contributed by atoms with Crippen LogP contribution in [0.2, 0.25) is 0 Å². The average molecular weight is 486 g/mol. The van der Waals surface area contributed by atoms with Crippen molar-refractivity contribution in [3.63, 3.8) is 0 Å². The van der Waals surface area contributed by atoms with Gasteiger partial charge in [-0.3, -0.25) is 14.4 Å². The van der Waals surface area contributed by atoms with Gasteiger partial charge in [0.1, 0.15) is 0 Å². The van der Waals surface area contributed by atoms with Crippen molar-refractivity contribution in [2.75, 3.05) is 18.0 Å². The Morgan fingerprint density at radius 2 is 1.88 bits per heavy atom. The third kappa shape index (κ3) is 4.73. The topological polar surface area (TPSA) is 69.7 Å². The normalized spacial score (nSPS) is 19.7. The molecule has 2 aliphatic carbocycles. The summed E-state index contributed by atoms with van der Waals surface area (Å²) in [4.78, 5) is 44.2. The SMILES string of the molecule is CCC(=O)NCCN1C(=O)C2(CCC2)Sc2cc(C)c(C(=O)N(C(C)C)C3CCCCC3)cc21. The Morgan fingerprint density at radius 1 is 1.18 bits per heavy atom. The molecule has 2 fully saturated rings. The van der Waals surface area contributed by atoms with Gasteiger partial charge in [-0.15, -0.1) is 11.8 Å². The first-order valence-corrected chi connectivity index (χ1v) is 13.8. The van der Waals surface area contributed by atoms with Gasteiger partial charge in [0.2, 0.25) is 11.8 Å². The molecule has 34 heavy (non-hydrogen) atoms. The Bertz CT molecular complexity index is 951. The molecule has 0 aromatic heterocycles. The maximum atomic E-state index is 13.9. The van der Waals surface area contributed by atoms with Gasteiger partial charge in [-0.1, -0.05) is 26.2 Å². The molecule has 7 heteroatoms. The van der Waals surface area contributed by atoms with Crippen molar-refractivity contribution in [1.29, 1.82) is 0 Å². The van der Waals surface area contributed by atoms with Crippen LogP contribution in [0, 0.1) is 6.92 Å². The number of carbonyl (C=O) groups excluding carboxylic acids is 3. The molecule has 2 saturated carbocycles. The van der Waals surface area contributed by atoms with Crippen LogP contribution in [0.5, 0.6) is 0 Å². The Kier molecular flexibility index (Phi) is 7.60. The van der Waals surface area contributed by atoms with Crippen LogP contribution in [-0.4, -0.2) is 52.5 Å². The number of carbonyl (C=O) groups is 3. The van der Waals surface area contributed by atoms with E-state index < -0.39 is 0 Å². The lowest BCUT2D eigenvalue weighted by atomic mass is 9.82. The van der Waals surface area contributed by atoms with E-state index >= 15 is 0 Å². The number of hydrogen-bond donors (Lipinski definition) is 1. The van der Waals surface area contributed by atoms with Crippen molar-refractivity contribution in [3.8, 4) is 0 Å². The van der Waals surface area contributed by atoms with Crippen LogP contribution in [0.1, 0.15) is 94.5 Å². The van der Waals surface area contributed by atoms with E-state index in [1.54, 1.807) is 11.8 Å². The lowest BCUT2D eigenvalue weighted by Crippen LogP contribution is -2.55. The fraction of sp³-hybridized carbons (Fsp3) is 0.667. The van der Waals surface area contributed by atoms with Crippen molar-refractivity contribution < 1.29 is 14.4 Å². The minimum Gasteiger partial charge on any atom is -0.354 e. The van der Waals surface area contributed by atoms with Gasteiger partial charge in [0.25, 0.3) is 5.91 Å². The number of hydrogen-bond acceptors (Lipinski definition) is 4. The molecule has 1 N–H and O–H groups in total. The summed E-state index contributed by atoms with van der Waals surface area (Å²) in [7, 11) is 0. The molecule has 3 amide bonds. The molecule has 0 bridgehead atoms. The monoisotopic (exact) mass is 485 g/mol. The zero-order valence-electron chi connectivity index (χ0n) is 21.1. The Hall–Kier alpha value is -2.02. The van der Waals surface area contributed by atoms with E-state index in [9.17, 15) is 14.4 Å². The van der Waals surface area contributed by atoms with Gasteiger partial charge in [-0.25, -0.2) is 0 Å². The summed E-state index contributed by atoms with van der Waals surface area (Å²) in [5.74, 6) is 0.178. The molecule has 1 heterocycles. The van der Waals surface area contributed by atoms with Gasteiger partial charge in [-0.2, -0.15) is 0 Å². The van der Waals surface area contributed by atoms with Gasteiger partial charge in [0.15, 0.2) is 0 Å². The van der Waals surface area contributed by atoms with Crippen molar-refractivity contribution in [2.45, 2.75) is 107 Å². The van der Waals surface area contributed by atoms with E-state index in [2.05, 4.69) is 30.1 Å². The summed E-state index contributed by atoms with van der Waals surface area (Å²) in [6, 6.07) is 4.46. The lowest BCUT2D eigenvalue weighted by Gasteiger charge is -2.47. The smallest absolute Gasteiger partial charge is 0.254 e. The lowest BCUT2D eigenvalue weighted by molar-refractivity contribution is -0.123. The molecule has 4 rings (SSSR count). The number of rotatable bonds is 7.